The van der Waals surface area contributed by atoms with E-state index in [1.807, 2.05) is 4.90 Å². The normalized spacial score (nSPS) is 19.3. The molecule has 0 bridgehead atoms. The van der Waals surface area contributed by atoms with Crippen molar-refractivity contribution < 1.29 is 9.72 Å². The molecule has 1 fully saturated rings. The van der Waals surface area contributed by atoms with E-state index in [0.29, 0.717) is 12.2 Å². The van der Waals surface area contributed by atoms with Crippen LogP contribution in [-0.2, 0) is 4.79 Å². The molecular formula is C13H15BrN2O3. The van der Waals surface area contributed by atoms with Crippen LogP contribution in [0.15, 0.2) is 22.7 Å². The maximum Gasteiger partial charge on any atom is 0.292 e. The van der Waals surface area contributed by atoms with Crippen molar-refractivity contribution in [2.75, 3.05) is 11.4 Å². The van der Waals surface area contributed by atoms with Gasteiger partial charge in [-0.2, -0.15) is 0 Å². The van der Waals surface area contributed by atoms with Gasteiger partial charge >= 0.3 is 0 Å². The standard InChI is InChI=1S/C13H15BrN2O3/c1-9(17)11-4-2-3-7-15(11)13-8-10(14)5-6-12(13)16(18)19/h5-6,8,11H,2-4,7H2,1H3. The Morgan fingerprint density at radius 1 is 1.47 bits per heavy atom. The van der Waals surface area contributed by atoms with Crippen LogP contribution in [0.5, 0.6) is 0 Å². The Morgan fingerprint density at radius 2 is 2.21 bits per heavy atom. The molecule has 1 unspecified atom stereocenters. The van der Waals surface area contributed by atoms with Gasteiger partial charge in [0, 0.05) is 17.1 Å². The molecular weight excluding hydrogens is 312 g/mol. The highest BCUT2D eigenvalue weighted by atomic mass is 79.9. The third kappa shape index (κ3) is 2.94. The van der Waals surface area contributed by atoms with Crippen LogP contribution in [0, 0.1) is 10.1 Å². The summed E-state index contributed by atoms with van der Waals surface area (Å²) in [6, 6.07) is 4.60. The van der Waals surface area contributed by atoms with E-state index in [1.165, 1.54) is 6.07 Å². The lowest BCUT2D eigenvalue weighted by atomic mass is 9.98. The van der Waals surface area contributed by atoms with Crippen molar-refractivity contribution in [3.63, 3.8) is 0 Å². The first kappa shape index (κ1) is 14.0. The Morgan fingerprint density at radius 3 is 2.84 bits per heavy atom. The first-order chi connectivity index (χ1) is 9.00. The third-order valence-corrected chi connectivity index (χ3v) is 3.91. The van der Waals surface area contributed by atoms with Gasteiger partial charge in [-0.25, -0.2) is 0 Å². The lowest BCUT2D eigenvalue weighted by Gasteiger charge is -2.35. The minimum absolute atomic E-state index is 0.0522. The smallest absolute Gasteiger partial charge is 0.292 e. The number of nitro benzene ring substituents is 1. The zero-order valence-corrected chi connectivity index (χ0v) is 12.2. The van der Waals surface area contributed by atoms with Crippen LogP contribution in [-0.4, -0.2) is 23.3 Å². The maximum absolute atomic E-state index is 11.7. The molecule has 0 saturated carbocycles. The molecule has 0 radical (unpaired) electrons. The van der Waals surface area contributed by atoms with Gasteiger partial charge in [-0.05, 0) is 38.3 Å². The molecule has 102 valence electrons. The number of rotatable bonds is 3. The number of benzene rings is 1. The average Bonchev–Trinajstić information content (AvgIpc) is 2.38. The van der Waals surface area contributed by atoms with Gasteiger partial charge in [-0.3, -0.25) is 14.9 Å². The van der Waals surface area contributed by atoms with Crippen LogP contribution in [0.25, 0.3) is 0 Å². The molecule has 1 aliphatic heterocycles. The fourth-order valence-corrected chi connectivity index (χ4v) is 2.87. The van der Waals surface area contributed by atoms with Crippen molar-refractivity contribution in [1.29, 1.82) is 0 Å². The predicted octanol–water partition coefficient (Wildman–Crippen LogP) is 3.31. The number of nitrogens with zero attached hydrogens (tertiary/aromatic N) is 2. The Balaban J connectivity index is 2.46. The Kier molecular flexibility index (Phi) is 4.19. The summed E-state index contributed by atoms with van der Waals surface area (Å²) < 4.78 is 0.779. The number of piperidine rings is 1. The average molecular weight is 327 g/mol. The van der Waals surface area contributed by atoms with Gasteiger partial charge in [0.2, 0.25) is 0 Å². The lowest BCUT2D eigenvalue weighted by molar-refractivity contribution is -0.384. The topological polar surface area (TPSA) is 63.5 Å². The molecule has 0 aromatic heterocycles. The first-order valence-electron chi connectivity index (χ1n) is 6.21. The minimum atomic E-state index is -0.395. The summed E-state index contributed by atoms with van der Waals surface area (Å²) in [4.78, 5) is 24.3. The molecule has 0 N–H and O–H groups in total. The van der Waals surface area contributed by atoms with Crippen molar-refractivity contribution in [1.82, 2.24) is 0 Å². The molecule has 0 aliphatic carbocycles. The van der Waals surface area contributed by atoms with Gasteiger partial charge in [0.05, 0.1) is 11.0 Å². The van der Waals surface area contributed by atoms with Crippen molar-refractivity contribution >= 4 is 33.1 Å². The van der Waals surface area contributed by atoms with Crippen molar-refractivity contribution in [2.24, 2.45) is 0 Å². The van der Waals surface area contributed by atoms with Crippen LogP contribution in [0.3, 0.4) is 0 Å². The Labute approximate surface area is 119 Å². The van der Waals surface area contributed by atoms with E-state index >= 15 is 0 Å². The molecule has 5 nitrogen and oxygen atoms in total. The van der Waals surface area contributed by atoms with Gasteiger partial charge in [0.1, 0.15) is 5.69 Å². The van der Waals surface area contributed by atoms with Gasteiger partial charge in [-0.1, -0.05) is 15.9 Å². The summed E-state index contributed by atoms with van der Waals surface area (Å²) in [7, 11) is 0. The lowest BCUT2D eigenvalue weighted by Crippen LogP contribution is -2.44. The fraction of sp³-hybridized carbons (Fsp3) is 0.462. The minimum Gasteiger partial charge on any atom is -0.356 e. The monoisotopic (exact) mass is 326 g/mol. The summed E-state index contributed by atoms with van der Waals surface area (Å²) in [6.07, 6.45) is 2.70. The van der Waals surface area contributed by atoms with Gasteiger partial charge in [-0.15, -0.1) is 0 Å². The SMILES string of the molecule is CC(=O)C1CCCCN1c1cc(Br)ccc1[N+](=O)[O-]. The number of ketones is 1. The number of nitro groups is 1. The summed E-state index contributed by atoms with van der Waals surface area (Å²) in [5, 5.41) is 11.1. The van der Waals surface area contributed by atoms with E-state index in [-0.39, 0.29) is 17.5 Å². The van der Waals surface area contributed by atoms with E-state index in [2.05, 4.69) is 15.9 Å². The Bertz CT molecular complexity index is 519. The number of carbonyl (C=O) groups is 1. The van der Waals surface area contributed by atoms with Crippen molar-refractivity contribution in [3.8, 4) is 0 Å². The summed E-state index contributed by atoms with van der Waals surface area (Å²) in [5.41, 5.74) is 0.579. The number of halogens is 1. The molecule has 1 atom stereocenters. The molecule has 1 saturated heterocycles. The van der Waals surface area contributed by atoms with Crippen molar-refractivity contribution in [2.45, 2.75) is 32.2 Å². The van der Waals surface area contributed by atoms with Crippen LogP contribution < -0.4 is 4.90 Å². The zero-order valence-electron chi connectivity index (χ0n) is 10.6. The molecule has 1 aliphatic rings. The van der Waals surface area contributed by atoms with Crippen molar-refractivity contribution in [3.05, 3.63) is 32.8 Å². The number of hydrogen-bond acceptors (Lipinski definition) is 4. The molecule has 1 heterocycles. The Hall–Kier alpha value is -1.43. The van der Waals surface area contributed by atoms with E-state index in [4.69, 9.17) is 0 Å². The molecule has 19 heavy (non-hydrogen) atoms. The first-order valence-corrected chi connectivity index (χ1v) is 7.01. The molecule has 0 amide bonds. The van der Waals surface area contributed by atoms with Crippen LogP contribution in [0.1, 0.15) is 26.2 Å². The second-order valence-electron chi connectivity index (χ2n) is 4.71. The number of anilines is 1. The predicted molar refractivity (Wildman–Crippen MR) is 76.5 cm³/mol. The highest BCUT2D eigenvalue weighted by Gasteiger charge is 2.30. The van der Waals surface area contributed by atoms with E-state index in [1.54, 1.807) is 19.1 Å². The highest BCUT2D eigenvalue weighted by molar-refractivity contribution is 9.10. The molecule has 2 rings (SSSR count). The molecule has 1 aromatic rings. The summed E-state index contributed by atoms with van der Waals surface area (Å²) in [5.74, 6) is 0.0639. The fourth-order valence-electron chi connectivity index (χ4n) is 2.52. The second-order valence-corrected chi connectivity index (χ2v) is 5.62. The largest absolute Gasteiger partial charge is 0.356 e. The quantitative estimate of drug-likeness (QED) is 0.631. The molecule has 1 aromatic carbocycles. The van der Waals surface area contributed by atoms with E-state index < -0.39 is 4.92 Å². The number of carbonyl (C=O) groups excluding carboxylic acids is 1. The summed E-state index contributed by atoms with van der Waals surface area (Å²) >= 11 is 3.33. The van der Waals surface area contributed by atoms with E-state index in [9.17, 15) is 14.9 Å². The number of Topliss-reactive ketones (excluding diaryl/α,β-unsaturated/α-hetero) is 1. The second kappa shape index (κ2) is 5.69. The molecule has 6 heteroatoms. The van der Waals surface area contributed by atoms with Crippen LogP contribution in [0.2, 0.25) is 0 Å². The van der Waals surface area contributed by atoms with Gasteiger partial charge in [0.25, 0.3) is 5.69 Å². The zero-order chi connectivity index (χ0) is 14.0. The number of hydrogen-bond donors (Lipinski definition) is 0. The van der Waals surface area contributed by atoms with Gasteiger partial charge < -0.3 is 4.90 Å². The van der Waals surface area contributed by atoms with Gasteiger partial charge in [0.15, 0.2) is 5.78 Å². The third-order valence-electron chi connectivity index (χ3n) is 3.42. The van der Waals surface area contributed by atoms with Crippen LogP contribution in [0.4, 0.5) is 11.4 Å². The van der Waals surface area contributed by atoms with Crippen LogP contribution >= 0.6 is 15.9 Å². The van der Waals surface area contributed by atoms with E-state index in [0.717, 1.165) is 23.7 Å². The maximum atomic E-state index is 11.7. The highest BCUT2D eigenvalue weighted by Crippen LogP contribution is 2.35. The molecule has 0 spiro atoms. The summed E-state index contributed by atoms with van der Waals surface area (Å²) in [6.45, 7) is 2.23.